The third kappa shape index (κ3) is 2.21. The summed E-state index contributed by atoms with van der Waals surface area (Å²) in [5.74, 6) is 0.714. The Morgan fingerprint density at radius 1 is 1.53 bits per heavy atom. The van der Waals surface area contributed by atoms with Gasteiger partial charge in [-0.25, -0.2) is 4.98 Å². The summed E-state index contributed by atoms with van der Waals surface area (Å²) in [5.41, 5.74) is 5.67. The first-order chi connectivity index (χ1) is 7.18. The van der Waals surface area contributed by atoms with E-state index in [1.165, 1.54) is 6.33 Å². The molecule has 5 nitrogen and oxygen atoms in total. The first kappa shape index (κ1) is 10.6. The minimum atomic E-state index is -0.144. The minimum Gasteiger partial charge on any atom is -0.355 e. The summed E-state index contributed by atoms with van der Waals surface area (Å²) in [6.45, 7) is 1.71. The van der Waals surface area contributed by atoms with Gasteiger partial charge in [-0.05, 0) is 28.8 Å². The molecular formula is C9H13BrN4O. The fourth-order valence-electron chi connectivity index (χ4n) is 1.71. The summed E-state index contributed by atoms with van der Waals surface area (Å²) in [4.78, 5) is 20.1. The van der Waals surface area contributed by atoms with E-state index in [1.54, 1.807) is 0 Å². The van der Waals surface area contributed by atoms with Gasteiger partial charge < -0.3 is 15.6 Å². The van der Waals surface area contributed by atoms with Crippen LogP contribution in [-0.4, -0.2) is 29.1 Å². The number of halogens is 1. The summed E-state index contributed by atoms with van der Waals surface area (Å²) in [6.07, 6.45) is 3.32. The predicted octanol–water partition coefficient (Wildman–Crippen LogP) is 0.460. The lowest BCUT2D eigenvalue weighted by Gasteiger charge is -2.31. The maximum absolute atomic E-state index is 11.4. The van der Waals surface area contributed by atoms with Gasteiger partial charge in [0.1, 0.15) is 10.3 Å². The molecule has 0 bridgehead atoms. The highest BCUT2D eigenvalue weighted by atomic mass is 79.9. The highest BCUT2D eigenvalue weighted by molar-refractivity contribution is 9.10. The second-order valence-corrected chi connectivity index (χ2v) is 4.49. The van der Waals surface area contributed by atoms with E-state index in [-0.39, 0.29) is 11.6 Å². The van der Waals surface area contributed by atoms with Crippen molar-refractivity contribution in [3.8, 4) is 0 Å². The predicted molar refractivity (Wildman–Crippen MR) is 62.0 cm³/mol. The molecule has 0 unspecified atom stereocenters. The van der Waals surface area contributed by atoms with E-state index in [0.717, 1.165) is 25.9 Å². The summed E-state index contributed by atoms with van der Waals surface area (Å²) in [7, 11) is 0. The summed E-state index contributed by atoms with van der Waals surface area (Å²) in [6, 6.07) is 0.280. The Bertz CT molecular complexity index is 397. The number of rotatable bonds is 1. The molecule has 82 valence electrons. The van der Waals surface area contributed by atoms with Crippen LogP contribution in [0.4, 0.5) is 5.82 Å². The molecular weight excluding hydrogens is 260 g/mol. The number of nitrogens with one attached hydrogen (secondary N) is 1. The second kappa shape index (κ2) is 4.32. The molecule has 0 amide bonds. The Morgan fingerprint density at radius 2 is 2.20 bits per heavy atom. The molecule has 0 aromatic carbocycles. The van der Waals surface area contributed by atoms with Gasteiger partial charge in [-0.2, -0.15) is 0 Å². The van der Waals surface area contributed by atoms with Crippen LogP contribution in [-0.2, 0) is 0 Å². The molecule has 2 rings (SSSR count). The number of aromatic amines is 1. The van der Waals surface area contributed by atoms with E-state index in [1.807, 2.05) is 0 Å². The van der Waals surface area contributed by atoms with Gasteiger partial charge in [0, 0.05) is 19.1 Å². The number of hydrogen-bond acceptors (Lipinski definition) is 4. The summed E-state index contributed by atoms with van der Waals surface area (Å²) in [5, 5.41) is 0. The number of aromatic nitrogens is 2. The molecule has 2 heterocycles. The van der Waals surface area contributed by atoms with E-state index >= 15 is 0 Å². The van der Waals surface area contributed by atoms with Crippen molar-refractivity contribution < 1.29 is 0 Å². The first-order valence-electron chi connectivity index (χ1n) is 4.92. The van der Waals surface area contributed by atoms with Gasteiger partial charge in [-0.15, -0.1) is 0 Å². The normalized spacial score (nSPS) is 18.1. The Balaban J connectivity index is 2.23. The number of H-pyrrole nitrogens is 1. The molecule has 0 aliphatic carbocycles. The average Bonchev–Trinajstić information content (AvgIpc) is 2.24. The second-order valence-electron chi connectivity index (χ2n) is 3.69. The van der Waals surface area contributed by atoms with Gasteiger partial charge in [-0.3, -0.25) is 4.79 Å². The SMILES string of the molecule is NC1CCN(c2nc[nH]c(=O)c2Br)CC1. The molecule has 1 fully saturated rings. The van der Waals surface area contributed by atoms with Crippen molar-refractivity contribution in [3.05, 3.63) is 21.2 Å². The van der Waals surface area contributed by atoms with Crippen molar-refractivity contribution in [3.63, 3.8) is 0 Å². The van der Waals surface area contributed by atoms with Gasteiger partial charge in [0.05, 0.1) is 6.33 Å². The number of nitrogens with zero attached hydrogens (tertiary/aromatic N) is 2. The third-order valence-corrected chi connectivity index (χ3v) is 3.33. The van der Waals surface area contributed by atoms with E-state index in [4.69, 9.17) is 5.73 Å². The molecule has 3 N–H and O–H groups in total. The van der Waals surface area contributed by atoms with Gasteiger partial charge in [0.15, 0.2) is 0 Å². The molecule has 1 aliphatic rings. The topological polar surface area (TPSA) is 75.0 Å². The molecule has 6 heteroatoms. The maximum Gasteiger partial charge on any atom is 0.267 e. The van der Waals surface area contributed by atoms with Crippen molar-refractivity contribution in [2.24, 2.45) is 5.73 Å². The number of piperidine rings is 1. The lowest BCUT2D eigenvalue weighted by Crippen LogP contribution is -2.40. The largest absolute Gasteiger partial charge is 0.355 e. The van der Waals surface area contributed by atoms with Crippen LogP contribution in [0, 0.1) is 0 Å². The highest BCUT2D eigenvalue weighted by Gasteiger charge is 2.19. The van der Waals surface area contributed by atoms with Gasteiger partial charge >= 0.3 is 0 Å². The Labute approximate surface area is 95.8 Å². The van der Waals surface area contributed by atoms with Crippen LogP contribution in [0.15, 0.2) is 15.6 Å². The average molecular weight is 273 g/mol. The molecule has 1 aromatic rings. The van der Waals surface area contributed by atoms with E-state index < -0.39 is 0 Å². The fraction of sp³-hybridized carbons (Fsp3) is 0.556. The lowest BCUT2D eigenvalue weighted by molar-refractivity contribution is 0.498. The molecule has 1 saturated heterocycles. The molecule has 1 aliphatic heterocycles. The smallest absolute Gasteiger partial charge is 0.267 e. The van der Waals surface area contributed by atoms with Crippen LogP contribution < -0.4 is 16.2 Å². The number of anilines is 1. The van der Waals surface area contributed by atoms with E-state index in [2.05, 4.69) is 30.8 Å². The maximum atomic E-state index is 11.4. The Kier molecular flexibility index (Phi) is 3.06. The van der Waals surface area contributed by atoms with E-state index in [9.17, 15) is 4.79 Å². The summed E-state index contributed by atoms with van der Waals surface area (Å²) >= 11 is 3.25. The van der Waals surface area contributed by atoms with Crippen LogP contribution in [0.3, 0.4) is 0 Å². The number of nitrogens with two attached hydrogens (primary N) is 1. The fourth-order valence-corrected chi connectivity index (χ4v) is 2.17. The molecule has 0 saturated carbocycles. The van der Waals surface area contributed by atoms with Crippen molar-refractivity contribution in [1.82, 2.24) is 9.97 Å². The lowest BCUT2D eigenvalue weighted by atomic mass is 10.1. The van der Waals surface area contributed by atoms with Gasteiger partial charge in [0.2, 0.25) is 0 Å². The van der Waals surface area contributed by atoms with Crippen molar-refractivity contribution >= 4 is 21.7 Å². The van der Waals surface area contributed by atoms with Crippen LogP contribution >= 0.6 is 15.9 Å². The molecule has 0 atom stereocenters. The summed E-state index contributed by atoms with van der Waals surface area (Å²) < 4.78 is 0.500. The van der Waals surface area contributed by atoms with Crippen LogP contribution in [0.2, 0.25) is 0 Å². The third-order valence-electron chi connectivity index (χ3n) is 2.62. The zero-order valence-corrected chi connectivity index (χ0v) is 9.83. The minimum absolute atomic E-state index is 0.144. The highest BCUT2D eigenvalue weighted by Crippen LogP contribution is 2.22. The standard InChI is InChI=1S/C9H13BrN4O/c10-7-8(12-5-13-9(7)15)14-3-1-6(11)2-4-14/h5-6H,1-4,11H2,(H,12,13,15). The molecule has 15 heavy (non-hydrogen) atoms. The zero-order valence-electron chi connectivity index (χ0n) is 8.24. The van der Waals surface area contributed by atoms with Gasteiger partial charge in [-0.1, -0.05) is 0 Å². The van der Waals surface area contributed by atoms with Crippen LogP contribution in [0.5, 0.6) is 0 Å². The first-order valence-corrected chi connectivity index (χ1v) is 5.71. The Morgan fingerprint density at radius 3 is 2.87 bits per heavy atom. The molecule has 0 radical (unpaired) electrons. The monoisotopic (exact) mass is 272 g/mol. The van der Waals surface area contributed by atoms with Crippen molar-refractivity contribution in [1.29, 1.82) is 0 Å². The quantitative estimate of drug-likeness (QED) is 0.779. The van der Waals surface area contributed by atoms with E-state index in [0.29, 0.717) is 10.3 Å². The molecule has 1 aromatic heterocycles. The number of hydrogen-bond donors (Lipinski definition) is 2. The van der Waals surface area contributed by atoms with Crippen LogP contribution in [0.1, 0.15) is 12.8 Å². The van der Waals surface area contributed by atoms with Gasteiger partial charge in [0.25, 0.3) is 5.56 Å². The van der Waals surface area contributed by atoms with Crippen LogP contribution in [0.25, 0.3) is 0 Å². The van der Waals surface area contributed by atoms with Crippen molar-refractivity contribution in [2.75, 3.05) is 18.0 Å². The molecule has 0 spiro atoms. The van der Waals surface area contributed by atoms with Crippen molar-refractivity contribution in [2.45, 2.75) is 18.9 Å². The zero-order chi connectivity index (χ0) is 10.8. The Hall–Kier alpha value is -0.880.